The Kier molecular flexibility index (Phi) is 4.94. The van der Waals surface area contributed by atoms with E-state index in [1.807, 2.05) is 29.2 Å². The number of pyridine rings is 1. The topological polar surface area (TPSA) is 49.6 Å². The molecule has 29 heavy (non-hydrogen) atoms. The van der Waals surface area contributed by atoms with Gasteiger partial charge in [-0.25, -0.2) is 4.98 Å². The van der Waals surface area contributed by atoms with E-state index in [2.05, 4.69) is 10.3 Å². The van der Waals surface area contributed by atoms with Gasteiger partial charge in [0.15, 0.2) is 0 Å². The van der Waals surface area contributed by atoms with Crippen LogP contribution in [0.5, 0.6) is 0 Å². The molecule has 0 unspecified atom stereocenters. The summed E-state index contributed by atoms with van der Waals surface area (Å²) in [6.45, 7) is 2.79. The molecule has 5 nitrogen and oxygen atoms in total. The van der Waals surface area contributed by atoms with Gasteiger partial charge in [-0.2, -0.15) is 13.2 Å². The SMILES string of the molecule is CC(=O)Nc1ccc(C2CCN(c3cc(C(F)(F)F)cc4cncn34)CC2)cc1. The summed E-state index contributed by atoms with van der Waals surface area (Å²) in [5, 5.41) is 2.75. The van der Waals surface area contributed by atoms with Crippen molar-refractivity contribution in [1.29, 1.82) is 0 Å². The molecule has 152 valence electrons. The summed E-state index contributed by atoms with van der Waals surface area (Å²) in [4.78, 5) is 17.1. The van der Waals surface area contributed by atoms with Gasteiger partial charge in [0.1, 0.15) is 12.1 Å². The molecule has 0 aliphatic carbocycles. The van der Waals surface area contributed by atoms with Gasteiger partial charge in [0.05, 0.1) is 17.3 Å². The van der Waals surface area contributed by atoms with Crippen molar-refractivity contribution in [1.82, 2.24) is 9.38 Å². The Morgan fingerprint density at radius 2 is 1.83 bits per heavy atom. The average molecular weight is 402 g/mol. The van der Waals surface area contributed by atoms with E-state index in [9.17, 15) is 18.0 Å². The van der Waals surface area contributed by atoms with E-state index in [0.717, 1.165) is 24.6 Å². The molecule has 1 aromatic carbocycles. The fourth-order valence-corrected chi connectivity index (χ4v) is 3.90. The summed E-state index contributed by atoms with van der Waals surface area (Å²) in [6, 6.07) is 10.1. The smallest absolute Gasteiger partial charge is 0.358 e. The molecule has 1 amide bonds. The Bertz CT molecular complexity index is 1020. The summed E-state index contributed by atoms with van der Waals surface area (Å²) in [5.74, 6) is 0.742. The first-order valence-corrected chi connectivity index (χ1v) is 9.47. The maximum atomic E-state index is 13.3. The van der Waals surface area contributed by atoms with Crippen LogP contribution in [0, 0.1) is 0 Å². The van der Waals surface area contributed by atoms with E-state index in [0.29, 0.717) is 30.3 Å². The van der Waals surface area contributed by atoms with Crippen LogP contribution in [0.4, 0.5) is 24.7 Å². The first kappa shape index (κ1) is 19.3. The molecule has 1 saturated heterocycles. The maximum Gasteiger partial charge on any atom is 0.416 e. The van der Waals surface area contributed by atoms with Crippen molar-refractivity contribution in [3.63, 3.8) is 0 Å². The maximum absolute atomic E-state index is 13.3. The number of carbonyl (C=O) groups excluding carboxylic acids is 1. The van der Waals surface area contributed by atoms with Crippen LogP contribution in [0.15, 0.2) is 48.9 Å². The Morgan fingerprint density at radius 1 is 1.14 bits per heavy atom. The summed E-state index contributed by atoms with van der Waals surface area (Å²) in [6.07, 6.45) is 0.284. The number of rotatable bonds is 3. The van der Waals surface area contributed by atoms with Gasteiger partial charge < -0.3 is 10.2 Å². The van der Waals surface area contributed by atoms with Crippen LogP contribution < -0.4 is 10.2 Å². The second kappa shape index (κ2) is 7.42. The molecule has 1 N–H and O–H groups in total. The number of hydrogen-bond donors (Lipinski definition) is 1. The van der Waals surface area contributed by atoms with Gasteiger partial charge in [0.25, 0.3) is 0 Å². The molecule has 0 atom stereocenters. The van der Waals surface area contributed by atoms with E-state index in [4.69, 9.17) is 0 Å². The molecule has 3 heterocycles. The van der Waals surface area contributed by atoms with Gasteiger partial charge in [-0.3, -0.25) is 9.20 Å². The van der Waals surface area contributed by atoms with Gasteiger partial charge in [0, 0.05) is 25.7 Å². The molecule has 1 fully saturated rings. The number of alkyl halides is 3. The van der Waals surface area contributed by atoms with Gasteiger partial charge in [-0.15, -0.1) is 0 Å². The zero-order valence-corrected chi connectivity index (χ0v) is 15.9. The van der Waals surface area contributed by atoms with Crippen molar-refractivity contribution in [3.8, 4) is 0 Å². The highest BCUT2D eigenvalue weighted by Gasteiger charge is 2.32. The second-order valence-corrected chi connectivity index (χ2v) is 7.35. The lowest BCUT2D eigenvalue weighted by Gasteiger charge is -2.34. The Labute approximate surface area is 166 Å². The largest absolute Gasteiger partial charge is 0.416 e. The molecule has 1 aliphatic heterocycles. The van der Waals surface area contributed by atoms with Crippen LogP contribution in [0.25, 0.3) is 5.52 Å². The second-order valence-electron chi connectivity index (χ2n) is 7.35. The van der Waals surface area contributed by atoms with E-state index >= 15 is 0 Å². The lowest BCUT2D eigenvalue weighted by Crippen LogP contribution is -2.34. The summed E-state index contributed by atoms with van der Waals surface area (Å²) < 4.78 is 41.6. The van der Waals surface area contributed by atoms with Gasteiger partial charge in [-0.1, -0.05) is 12.1 Å². The predicted octanol–water partition coefficient (Wildman–Crippen LogP) is 4.70. The third-order valence-electron chi connectivity index (χ3n) is 5.35. The normalized spacial score (nSPS) is 15.7. The minimum atomic E-state index is -4.39. The van der Waals surface area contributed by atoms with Crippen LogP contribution in [-0.2, 0) is 11.0 Å². The summed E-state index contributed by atoms with van der Waals surface area (Å²) in [7, 11) is 0. The van der Waals surface area contributed by atoms with Crippen LogP contribution in [0.3, 0.4) is 0 Å². The van der Waals surface area contributed by atoms with Crippen molar-refractivity contribution in [2.75, 3.05) is 23.3 Å². The number of halogens is 3. The molecule has 2 aromatic heterocycles. The molecule has 0 radical (unpaired) electrons. The third-order valence-corrected chi connectivity index (χ3v) is 5.35. The van der Waals surface area contributed by atoms with Crippen molar-refractivity contribution < 1.29 is 18.0 Å². The molecule has 0 saturated carbocycles. The third kappa shape index (κ3) is 4.06. The number of amides is 1. The zero-order chi connectivity index (χ0) is 20.6. The molecular formula is C21H21F3N4O. The quantitative estimate of drug-likeness (QED) is 0.691. The number of piperidine rings is 1. The number of nitrogens with zero attached hydrogens (tertiary/aromatic N) is 3. The number of imidazole rings is 1. The predicted molar refractivity (Wildman–Crippen MR) is 105 cm³/mol. The van der Waals surface area contributed by atoms with Crippen molar-refractivity contribution in [2.24, 2.45) is 0 Å². The van der Waals surface area contributed by atoms with Gasteiger partial charge in [0.2, 0.25) is 5.91 Å². The number of hydrogen-bond acceptors (Lipinski definition) is 3. The Hall–Kier alpha value is -3.03. The molecule has 4 rings (SSSR count). The standard InChI is InChI=1S/C21H21F3N4O/c1-14(29)26-18-4-2-15(3-5-18)16-6-8-27(9-7-16)20-11-17(21(22,23)24)10-19-12-25-13-28(19)20/h2-5,10-13,16H,6-9H2,1H3,(H,26,29). The lowest BCUT2D eigenvalue weighted by atomic mass is 9.89. The number of benzene rings is 1. The Balaban J connectivity index is 1.51. The molecule has 0 bridgehead atoms. The summed E-state index contributed by atoms with van der Waals surface area (Å²) >= 11 is 0. The molecule has 3 aromatic rings. The number of anilines is 2. The van der Waals surface area contributed by atoms with E-state index in [1.165, 1.54) is 24.8 Å². The molecule has 1 aliphatic rings. The molecule has 8 heteroatoms. The highest BCUT2D eigenvalue weighted by atomic mass is 19.4. The number of carbonyl (C=O) groups is 1. The van der Waals surface area contributed by atoms with E-state index in [1.54, 1.807) is 10.7 Å². The highest BCUT2D eigenvalue weighted by Crippen LogP contribution is 2.35. The van der Waals surface area contributed by atoms with E-state index in [-0.39, 0.29) is 5.91 Å². The van der Waals surface area contributed by atoms with Gasteiger partial charge >= 0.3 is 6.18 Å². The average Bonchev–Trinajstić information content (AvgIpc) is 3.16. The number of aromatic nitrogens is 2. The fourth-order valence-electron chi connectivity index (χ4n) is 3.90. The van der Waals surface area contributed by atoms with Crippen LogP contribution in [0.2, 0.25) is 0 Å². The van der Waals surface area contributed by atoms with Crippen molar-refractivity contribution in [2.45, 2.75) is 31.9 Å². The highest BCUT2D eigenvalue weighted by molar-refractivity contribution is 5.88. The monoisotopic (exact) mass is 402 g/mol. The summed E-state index contributed by atoms with van der Waals surface area (Å²) in [5.41, 5.74) is 1.71. The first-order valence-electron chi connectivity index (χ1n) is 9.47. The van der Waals surface area contributed by atoms with Crippen LogP contribution in [0.1, 0.15) is 36.8 Å². The lowest BCUT2D eigenvalue weighted by molar-refractivity contribution is -0.137. The van der Waals surface area contributed by atoms with E-state index < -0.39 is 11.7 Å². The zero-order valence-electron chi connectivity index (χ0n) is 15.9. The molecular weight excluding hydrogens is 381 g/mol. The van der Waals surface area contributed by atoms with Crippen LogP contribution >= 0.6 is 0 Å². The first-order chi connectivity index (χ1) is 13.8. The molecule has 0 spiro atoms. The van der Waals surface area contributed by atoms with Crippen molar-refractivity contribution in [3.05, 3.63) is 60.0 Å². The minimum absolute atomic E-state index is 0.113. The number of nitrogens with one attached hydrogen (secondary N) is 1. The van der Waals surface area contributed by atoms with Crippen molar-refractivity contribution >= 4 is 22.9 Å². The van der Waals surface area contributed by atoms with Gasteiger partial charge in [-0.05, 0) is 48.6 Å². The fraction of sp³-hybridized carbons (Fsp3) is 0.333. The van der Waals surface area contributed by atoms with Crippen LogP contribution in [-0.4, -0.2) is 28.4 Å². The number of fused-ring (bicyclic) bond motifs is 1. The Morgan fingerprint density at radius 3 is 2.45 bits per heavy atom. The minimum Gasteiger partial charge on any atom is -0.358 e.